The van der Waals surface area contributed by atoms with E-state index in [2.05, 4.69) is 39.5 Å². The maximum absolute atomic E-state index is 12.6. The number of benzene rings is 1. The summed E-state index contributed by atoms with van der Waals surface area (Å²) in [7, 11) is 0. The number of allylic oxidation sites excluding steroid dienone is 1. The third kappa shape index (κ3) is 2.90. The number of ketones is 1. The average Bonchev–Trinajstić information content (AvgIpc) is 2.42. The first-order valence-electron chi connectivity index (χ1n) is 6.86. The smallest absolute Gasteiger partial charge is 0.147 e. The maximum Gasteiger partial charge on any atom is 0.147 e. The molecule has 0 saturated heterocycles. The molecular formula is C17H24O. The van der Waals surface area contributed by atoms with Gasteiger partial charge in [0.1, 0.15) is 5.78 Å². The van der Waals surface area contributed by atoms with Crippen LogP contribution >= 0.6 is 0 Å². The number of hydrogen-bond acceptors (Lipinski definition) is 1. The van der Waals surface area contributed by atoms with E-state index >= 15 is 0 Å². The third-order valence-corrected chi connectivity index (χ3v) is 3.98. The second-order valence-electron chi connectivity index (χ2n) is 4.86. The number of hydrogen-bond donors (Lipinski definition) is 0. The summed E-state index contributed by atoms with van der Waals surface area (Å²) in [5.74, 6) is 0.311. The molecule has 0 heterocycles. The van der Waals surface area contributed by atoms with E-state index in [1.54, 1.807) is 0 Å². The monoisotopic (exact) mass is 244 g/mol. The van der Waals surface area contributed by atoms with E-state index in [1.807, 2.05) is 18.2 Å². The molecule has 0 saturated carbocycles. The molecule has 0 unspecified atom stereocenters. The molecule has 0 bridgehead atoms. The Balaban J connectivity index is 3.08. The van der Waals surface area contributed by atoms with E-state index in [1.165, 1.54) is 0 Å². The highest BCUT2D eigenvalue weighted by Gasteiger charge is 2.35. The molecule has 1 rings (SSSR count). The van der Waals surface area contributed by atoms with Gasteiger partial charge in [-0.2, -0.15) is 0 Å². The first-order valence-corrected chi connectivity index (χ1v) is 6.86. The fourth-order valence-corrected chi connectivity index (χ4v) is 2.49. The Morgan fingerprint density at radius 1 is 1.11 bits per heavy atom. The number of Topliss-reactive ketones (excluding diaryl/α,β-unsaturated/α-hetero) is 1. The molecule has 0 aliphatic rings. The fourth-order valence-electron chi connectivity index (χ4n) is 2.49. The predicted octanol–water partition coefficient (Wildman–Crippen LogP) is 4.67. The standard InChI is InChI=1S/C17H24O/c1-5-14(4)13-16(18)17(6-2,7-3)15-11-9-8-10-12-15/h8-12H,4-7,13H2,1-3H3. The van der Waals surface area contributed by atoms with E-state index in [-0.39, 0.29) is 5.41 Å². The molecule has 1 heteroatoms. The zero-order valence-electron chi connectivity index (χ0n) is 11.8. The molecule has 18 heavy (non-hydrogen) atoms. The summed E-state index contributed by atoms with van der Waals surface area (Å²) >= 11 is 0. The molecule has 1 aromatic carbocycles. The normalized spacial score (nSPS) is 11.3. The van der Waals surface area contributed by atoms with Gasteiger partial charge < -0.3 is 0 Å². The predicted molar refractivity (Wildman–Crippen MR) is 77.8 cm³/mol. The number of carbonyl (C=O) groups excluding carboxylic acids is 1. The molecule has 1 nitrogen and oxygen atoms in total. The van der Waals surface area contributed by atoms with Crippen molar-refractivity contribution in [2.24, 2.45) is 0 Å². The van der Waals surface area contributed by atoms with E-state index in [0.29, 0.717) is 12.2 Å². The van der Waals surface area contributed by atoms with Crippen LogP contribution in [0.1, 0.15) is 52.0 Å². The van der Waals surface area contributed by atoms with Gasteiger partial charge in [-0.3, -0.25) is 4.79 Å². The second kappa shape index (κ2) is 6.53. The minimum atomic E-state index is -0.334. The van der Waals surface area contributed by atoms with Crippen molar-refractivity contribution in [3.63, 3.8) is 0 Å². The van der Waals surface area contributed by atoms with Gasteiger partial charge in [-0.25, -0.2) is 0 Å². The van der Waals surface area contributed by atoms with Crippen molar-refractivity contribution in [3.05, 3.63) is 48.0 Å². The molecule has 0 N–H and O–H groups in total. The molecule has 0 spiro atoms. The molecule has 98 valence electrons. The van der Waals surface area contributed by atoms with Crippen molar-refractivity contribution in [3.8, 4) is 0 Å². The molecule has 0 amide bonds. The molecule has 0 atom stereocenters. The summed E-state index contributed by atoms with van der Waals surface area (Å²) in [6.45, 7) is 10.2. The van der Waals surface area contributed by atoms with Crippen LogP contribution in [0.15, 0.2) is 42.5 Å². The van der Waals surface area contributed by atoms with E-state index < -0.39 is 0 Å². The maximum atomic E-state index is 12.6. The van der Waals surface area contributed by atoms with E-state index in [4.69, 9.17) is 0 Å². The van der Waals surface area contributed by atoms with E-state index in [9.17, 15) is 4.79 Å². The highest BCUT2D eigenvalue weighted by atomic mass is 16.1. The van der Waals surface area contributed by atoms with Crippen molar-refractivity contribution in [2.75, 3.05) is 0 Å². The van der Waals surface area contributed by atoms with Crippen LogP contribution in [-0.2, 0) is 10.2 Å². The largest absolute Gasteiger partial charge is 0.298 e. The van der Waals surface area contributed by atoms with Crippen molar-refractivity contribution in [2.45, 2.75) is 51.9 Å². The van der Waals surface area contributed by atoms with Crippen LogP contribution in [0.4, 0.5) is 0 Å². The lowest BCUT2D eigenvalue weighted by atomic mass is 9.71. The summed E-state index contributed by atoms with van der Waals surface area (Å²) in [5.41, 5.74) is 1.84. The highest BCUT2D eigenvalue weighted by molar-refractivity contribution is 5.91. The van der Waals surface area contributed by atoms with Gasteiger partial charge in [0.25, 0.3) is 0 Å². The molecule has 0 aliphatic heterocycles. The van der Waals surface area contributed by atoms with Crippen molar-refractivity contribution in [1.82, 2.24) is 0 Å². The summed E-state index contributed by atoms with van der Waals surface area (Å²) < 4.78 is 0. The number of rotatable bonds is 7. The minimum Gasteiger partial charge on any atom is -0.298 e. The van der Waals surface area contributed by atoms with Gasteiger partial charge in [-0.05, 0) is 24.8 Å². The molecule has 0 radical (unpaired) electrons. The number of carbonyl (C=O) groups is 1. The first kappa shape index (κ1) is 14.7. The van der Waals surface area contributed by atoms with Gasteiger partial charge in [0, 0.05) is 6.42 Å². The molecule has 1 aromatic rings. The Bertz CT molecular complexity index is 399. The van der Waals surface area contributed by atoms with Crippen LogP contribution in [0.3, 0.4) is 0 Å². The van der Waals surface area contributed by atoms with Crippen molar-refractivity contribution >= 4 is 5.78 Å². The Labute approximate surface area is 111 Å². The highest BCUT2D eigenvalue weighted by Crippen LogP contribution is 2.34. The summed E-state index contributed by atoms with van der Waals surface area (Å²) in [6, 6.07) is 10.2. The Morgan fingerprint density at radius 3 is 2.11 bits per heavy atom. The van der Waals surface area contributed by atoms with Crippen LogP contribution in [0.25, 0.3) is 0 Å². The lowest BCUT2D eigenvalue weighted by Crippen LogP contribution is -2.34. The topological polar surface area (TPSA) is 17.1 Å². The molecular weight excluding hydrogens is 220 g/mol. The zero-order valence-corrected chi connectivity index (χ0v) is 11.8. The summed E-state index contributed by atoms with van der Waals surface area (Å²) in [6.07, 6.45) is 3.09. The first-order chi connectivity index (χ1) is 8.60. The van der Waals surface area contributed by atoms with Crippen LogP contribution in [0.2, 0.25) is 0 Å². The Kier molecular flexibility index (Phi) is 5.33. The van der Waals surface area contributed by atoms with Gasteiger partial charge in [0.05, 0.1) is 5.41 Å². The van der Waals surface area contributed by atoms with Gasteiger partial charge in [-0.15, -0.1) is 0 Å². The zero-order chi connectivity index (χ0) is 13.6. The van der Waals surface area contributed by atoms with Gasteiger partial charge >= 0.3 is 0 Å². The summed E-state index contributed by atoms with van der Waals surface area (Å²) in [4.78, 5) is 12.6. The SMILES string of the molecule is C=C(CC)CC(=O)C(CC)(CC)c1ccccc1. The lowest BCUT2D eigenvalue weighted by molar-refractivity contribution is -0.124. The average molecular weight is 244 g/mol. The minimum absolute atomic E-state index is 0.311. The van der Waals surface area contributed by atoms with Crippen LogP contribution in [0.5, 0.6) is 0 Å². The lowest BCUT2D eigenvalue weighted by Gasteiger charge is -2.31. The van der Waals surface area contributed by atoms with Crippen molar-refractivity contribution in [1.29, 1.82) is 0 Å². The van der Waals surface area contributed by atoms with Gasteiger partial charge in [-0.1, -0.05) is 63.3 Å². The van der Waals surface area contributed by atoms with Crippen LogP contribution in [-0.4, -0.2) is 5.78 Å². The van der Waals surface area contributed by atoms with Crippen LogP contribution in [0, 0.1) is 0 Å². The van der Waals surface area contributed by atoms with E-state index in [0.717, 1.165) is 30.4 Å². The summed E-state index contributed by atoms with van der Waals surface area (Å²) in [5, 5.41) is 0. The molecule has 0 aliphatic carbocycles. The fraction of sp³-hybridized carbons (Fsp3) is 0.471. The van der Waals surface area contributed by atoms with Gasteiger partial charge in [0.15, 0.2) is 0 Å². The van der Waals surface area contributed by atoms with Crippen molar-refractivity contribution < 1.29 is 4.79 Å². The van der Waals surface area contributed by atoms with Crippen LogP contribution < -0.4 is 0 Å². The Hall–Kier alpha value is -1.37. The molecule has 0 fully saturated rings. The molecule has 0 aromatic heterocycles. The third-order valence-electron chi connectivity index (χ3n) is 3.98. The Morgan fingerprint density at radius 2 is 1.67 bits per heavy atom. The second-order valence-corrected chi connectivity index (χ2v) is 4.86. The quantitative estimate of drug-likeness (QED) is 0.637. The van der Waals surface area contributed by atoms with Gasteiger partial charge in [0.2, 0.25) is 0 Å².